The lowest BCUT2D eigenvalue weighted by molar-refractivity contribution is 0.0593. The molecule has 1 aromatic heterocycles. The van der Waals surface area contributed by atoms with Crippen LogP contribution in [0.5, 0.6) is 0 Å². The van der Waals surface area contributed by atoms with Gasteiger partial charge in [0.15, 0.2) is 5.78 Å². The number of carbonyl (C=O) groups excluding carboxylic acids is 3. The topological polar surface area (TPSA) is 79.5 Å². The summed E-state index contributed by atoms with van der Waals surface area (Å²) < 4.78 is 18.0. The van der Waals surface area contributed by atoms with E-state index in [-0.39, 0.29) is 30.1 Å². The van der Waals surface area contributed by atoms with Crippen LogP contribution in [0.2, 0.25) is 0 Å². The van der Waals surface area contributed by atoms with Crippen LogP contribution in [0.3, 0.4) is 0 Å². The number of hydrogen-bond acceptors (Lipinski definition) is 4. The summed E-state index contributed by atoms with van der Waals surface area (Å²) in [5.74, 6) is -1.82. The van der Waals surface area contributed by atoms with E-state index in [2.05, 4.69) is 4.98 Å². The molecule has 0 atom stereocenters. The molecule has 0 spiro atoms. The summed E-state index contributed by atoms with van der Waals surface area (Å²) in [5.41, 5.74) is 1.76. The number of ketones is 1. The molecule has 0 aliphatic rings. The lowest BCUT2D eigenvalue weighted by atomic mass is 10.0. The Balaban J connectivity index is 2.26. The van der Waals surface area contributed by atoms with Crippen LogP contribution in [0.25, 0.3) is 0 Å². The van der Waals surface area contributed by atoms with Crippen molar-refractivity contribution in [3.05, 3.63) is 58.2 Å². The first-order valence-electron chi connectivity index (χ1n) is 8.15. The molecule has 1 aromatic carbocycles. The molecular weight excluding hydrogens is 339 g/mol. The van der Waals surface area contributed by atoms with Gasteiger partial charge in [0.05, 0.1) is 13.7 Å². The van der Waals surface area contributed by atoms with Gasteiger partial charge < -0.3 is 14.6 Å². The highest BCUT2D eigenvalue weighted by Crippen LogP contribution is 2.20. The first-order valence-corrected chi connectivity index (χ1v) is 8.15. The second-order valence-corrected chi connectivity index (χ2v) is 5.87. The third-order valence-electron chi connectivity index (χ3n) is 4.18. The number of hydrogen-bond donors (Lipinski definition) is 1. The molecule has 0 radical (unpaired) electrons. The zero-order valence-electron chi connectivity index (χ0n) is 15.2. The average molecular weight is 360 g/mol. The number of rotatable bonds is 6. The maximum absolute atomic E-state index is 13.4. The van der Waals surface area contributed by atoms with Gasteiger partial charge in [0.2, 0.25) is 0 Å². The Morgan fingerprint density at radius 3 is 2.50 bits per heavy atom. The third kappa shape index (κ3) is 3.82. The lowest BCUT2D eigenvalue weighted by Crippen LogP contribution is -2.36. The number of likely N-dealkylation sites (N-methyl/N-ethyl adjacent to an activating group) is 1. The summed E-state index contributed by atoms with van der Waals surface area (Å²) in [6, 6.07) is 5.33. The summed E-state index contributed by atoms with van der Waals surface area (Å²) in [4.78, 5) is 41.2. The second kappa shape index (κ2) is 7.95. The van der Waals surface area contributed by atoms with Gasteiger partial charge in [-0.05, 0) is 44.5 Å². The van der Waals surface area contributed by atoms with Crippen molar-refractivity contribution in [2.75, 3.05) is 20.2 Å². The number of halogens is 1. The first-order chi connectivity index (χ1) is 12.3. The number of amides is 1. The largest absolute Gasteiger partial charge is 0.464 e. The van der Waals surface area contributed by atoms with Crippen molar-refractivity contribution < 1.29 is 23.5 Å². The van der Waals surface area contributed by atoms with Crippen LogP contribution in [0, 0.1) is 19.7 Å². The minimum Gasteiger partial charge on any atom is -0.464 e. The van der Waals surface area contributed by atoms with Gasteiger partial charge in [-0.3, -0.25) is 9.59 Å². The molecule has 0 unspecified atom stereocenters. The molecule has 0 aliphatic carbocycles. The van der Waals surface area contributed by atoms with Crippen LogP contribution >= 0.6 is 0 Å². The molecule has 0 aliphatic heterocycles. The Hall–Kier alpha value is -2.96. The number of methoxy groups -OCH3 is 1. The number of aromatic amines is 1. The minimum atomic E-state index is -0.562. The van der Waals surface area contributed by atoms with E-state index in [1.807, 2.05) is 0 Å². The molecule has 0 fully saturated rings. The third-order valence-corrected chi connectivity index (χ3v) is 4.18. The number of ether oxygens (including phenoxy) is 1. The van der Waals surface area contributed by atoms with Crippen molar-refractivity contribution in [1.82, 2.24) is 9.88 Å². The van der Waals surface area contributed by atoms with Crippen molar-refractivity contribution >= 4 is 17.7 Å². The van der Waals surface area contributed by atoms with E-state index >= 15 is 0 Å². The van der Waals surface area contributed by atoms with Crippen LogP contribution in [-0.2, 0) is 4.74 Å². The molecular formula is C19H21FN2O4. The maximum atomic E-state index is 13.4. The fraction of sp³-hybridized carbons (Fsp3) is 0.316. The highest BCUT2D eigenvalue weighted by atomic mass is 19.1. The van der Waals surface area contributed by atoms with Crippen LogP contribution in [0.15, 0.2) is 24.3 Å². The Bertz CT molecular complexity index is 857. The van der Waals surface area contributed by atoms with E-state index < -0.39 is 17.7 Å². The van der Waals surface area contributed by atoms with Gasteiger partial charge in [-0.15, -0.1) is 0 Å². The fourth-order valence-electron chi connectivity index (χ4n) is 2.86. The summed E-state index contributed by atoms with van der Waals surface area (Å²) in [7, 11) is 1.26. The van der Waals surface area contributed by atoms with E-state index in [9.17, 15) is 18.8 Å². The zero-order chi connectivity index (χ0) is 19.4. The number of benzene rings is 1. The molecule has 1 amide bonds. The predicted octanol–water partition coefficient (Wildman–Crippen LogP) is 2.90. The molecule has 1 heterocycles. The van der Waals surface area contributed by atoms with Crippen molar-refractivity contribution in [2.24, 2.45) is 0 Å². The van der Waals surface area contributed by atoms with Crippen molar-refractivity contribution in [2.45, 2.75) is 20.8 Å². The number of aromatic nitrogens is 1. The Morgan fingerprint density at radius 2 is 1.92 bits per heavy atom. The van der Waals surface area contributed by atoms with Gasteiger partial charge in [-0.25, -0.2) is 9.18 Å². The van der Waals surface area contributed by atoms with Gasteiger partial charge in [0.25, 0.3) is 5.91 Å². The molecule has 0 saturated carbocycles. The standard InChI is InChI=1S/C19H21FN2O4/c1-5-22(18(24)13-7-6-8-14(20)9-13)10-15(23)16-11(2)17(19(25)26-4)21-12(16)3/h6-9,21H,5,10H2,1-4H3. The van der Waals surface area contributed by atoms with Gasteiger partial charge in [0.1, 0.15) is 11.5 Å². The predicted molar refractivity (Wildman–Crippen MR) is 93.9 cm³/mol. The monoisotopic (exact) mass is 360 g/mol. The van der Waals surface area contributed by atoms with E-state index in [0.29, 0.717) is 16.8 Å². The molecule has 1 N–H and O–H groups in total. The molecule has 2 rings (SSSR count). The van der Waals surface area contributed by atoms with E-state index in [0.717, 1.165) is 6.07 Å². The van der Waals surface area contributed by atoms with Gasteiger partial charge in [-0.2, -0.15) is 0 Å². The Labute approximate surface area is 151 Å². The molecule has 6 nitrogen and oxygen atoms in total. The smallest absolute Gasteiger partial charge is 0.354 e. The quantitative estimate of drug-likeness (QED) is 0.635. The van der Waals surface area contributed by atoms with Gasteiger partial charge >= 0.3 is 5.97 Å². The van der Waals surface area contributed by atoms with Gasteiger partial charge in [-0.1, -0.05) is 6.07 Å². The minimum absolute atomic E-state index is 0.175. The Morgan fingerprint density at radius 1 is 1.23 bits per heavy atom. The summed E-state index contributed by atoms with van der Waals surface area (Å²) >= 11 is 0. The van der Waals surface area contributed by atoms with Crippen molar-refractivity contribution in [1.29, 1.82) is 0 Å². The highest BCUT2D eigenvalue weighted by molar-refractivity contribution is 6.05. The molecule has 7 heteroatoms. The van der Waals surface area contributed by atoms with E-state index in [1.54, 1.807) is 20.8 Å². The lowest BCUT2D eigenvalue weighted by Gasteiger charge is -2.20. The number of esters is 1. The van der Waals surface area contributed by atoms with Crippen LogP contribution in [-0.4, -0.2) is 47.7 Å². The SMILES string of the molecule is CCN(CC(=O)c1c(C)[nH]c(C(=O)OC)c1C)C(=O)c1cccc(F)c1. The molecule has 26 heavy (non-hydrogen) atoms. The van der Waals surface area contributed by atoms with Gasteiger partial charge in [0, 0.05) is 23.4 Å². The number of H-pyrrole nitrogens is 1. The van der Waals surface area contributed by atoms with Crippen molar-refractivity contribution in [3.8, 4) is 0 Å². The van der Waals surface area contributed by atoms with Crippen molar-refractivity contribution in [3.63, 3.8) is 0 Å². The average Bonchev–Trinajstić information content (AvgIpc) is 2.92. The number of Topliss-reactive ketones (excluding diaryl/α,β-unsaturated/α-hetero) is 1. The van der Waals surface area contributed by atoms with Crippen LogP contribution in [0.4, 0.5) is 4.39 Å². The van der Waals surface area contributed by atoms with E-state index in [4.69, 9.17) is 4.74 Å². The number of aryl methyl sites for hydroxylation is 1. The first kappa shape index (κ1) is 19.4. The molecule has 138 valence electrons. The molecule has 0 bridgehead atoms. The fourth-order valence-corrected chi connectivity index (χ4v) is 2.86. The second-order valence-electron chi connectivity index (χ2n) is 5.87. The number of carbonyl (C=O) groups is 3. The highest BCUT2D eigenvalue weighted by Gasteiger charge is 2.25. The van der Waals surface area contributed by atoms with E-state index in [1.165, 1.54) is 30.2 Å². The van der Waals surface area contributed by atoms with Crippen LogP contribution < -0.4 is 0 Å². The molecule has 2 aromatic rings. The normalized spacial score (nSPS) is 10.5. The summed E-state index contributed by atoms with van der Waals surface area (Å²) in [6.07, 6.45) is 0. The number of nitrogens with zero attached hydrogens (tertiary/aromatic N) is 1. The zero-order valence-corrected chi connectivity index (χ0v) is 15.2. The Kier molecular flexibility index (Phi) is 5.92. The summed E-state index contributed by atoms with van der Waals surface area (Å²) in [5, 5.41) is 0. The summed E-state index contributed by atoms with van der Waals surface area (Å²) in [6.45, 7) is 5.17. The molecule has 0 saturated heterocycles. The number of nitrogens with one attached hydrogen (secondary N) is 1. The van der Waals surface area contributed by atoms with Crippen LogP contribution in [0.1, 0.15) is 49.4 Å². The maximum Gasteiger partial charge on any atom is 0.354 e.